The first-order valence-corrected chi connectivity index (χ1v) is 6.64. The first kappa shape index (κ1) is 14.7. The molecule has 21 heavy (non-hydrogen) atoms. The molecule has 0 saturated heterocycles. The third kappa shape index (κ3) is 3.88. The van der Waals surface area contributed by atoms with Crippen molar-refractivity contribution in [2.75, 3.05) is 17.2 Å². The third-order valence-corrected chi connectivity index (χ3v) is 2.99. The molecule has 0 aliphatic heterocycles. The molecule has 2 heterocycles. The lowest BCUT2D eigenvalue weighted by Gasteiger charge is -2.09. The van der Waals surface area contributed by atoms with Crippen molar-refractivity contribution < 1.29 is 4.92 Å². The van der Waals surface area contributed by atoms with E-state index >= 15 is 0 Å². The molecule has 110 valence electrons. The van der Waals surface area contributed by atoms with E-state index in [9.17, 15) is 10.1 Å². The molecular formula is C14H17N5O2. The smallest absolute Gasteiger partial charge is 0.276 e. The highest BCUT2D eigenvalue weighted by Gasteiger charge is 2.11. The quantitative estimate of drug-likeness (QED) is 0.627. The number of hydrogen-bond donors (Lipinski definition) is 2. The molecular weight excluding hydrogens is 270 g/mol. The van der Waals surface area contributed by atoms with Crippen LogP contribution in [0.3, 0.4) is 0 Å². The van der Waals surface area contributed by atoms with Crippen LogP contribution < -0.4 is 10.6 Å². The maximum absolute atomic E-state index is 11.0. The van der Waals surface area contributed by atoms with E-state index in [2.05, 4.69) is 20.6 Å². The summed E-state index contributed by atoms with van der Waals surface area (Å²) in [4.78, 5) is 18.9. The van der Waals surface area contributed by atoms with Crippen LogP contribution in [0, 0.1) is 17.0 Å². The van der Waals surface area contributed by atoms with Gasteiger partial charge in [0.2, 0.25) is 0 Å². The van der Waals surface area contributed by atoms with Gasteiger partial charge in [0.25, 0.3) is 5.69 Å². The second kappa shape index (κ2) is 6.65. The number of nitrogens with zero attached hydrogens (tertiary/aromatic N) is 3. The molecule has 0 radical (unpaired) electrons. The zero-order valence-corrected chi connectivity index (χ0v) is 12.0. The summed E-state index contributed by atoms with van der Waals surface area (Å²) < 4.78 is 0. The fraction of sp³-hybridized carbons (Fsp3) is 0.286. The molecule has 2 N–H and O–H groups in total. The average Bonchev–Trinajstić information content (AvgIpc) is 2.46. The van der Waals surface area contributed by atoms with Gasteiger partial charge in [-0.05, 0) is 31.0 Å². The number of hydrogen-bond acceptors (Lipinski definition) is 6. The van der Waals surface area contributed by atoms with Crippen LogP contribution >= 0.6 is 0 Å². The number of nitrogens with one attached hydrogen (secondary N) is 2. The molecule has 0 aromatic carbocycles. The lowest BCUT2D eigenvalue weighted by molar-refractivity contribution is -0.384. The van der Waals surface area contributed by atoms with Crippen LogP contribution in [0.2, 0.25) is 0 Å². The van der Waals surface area contributed by atoms with Gasteiger partial charge in [-0.2, -0.15) is 0 Å². The summed E-state index contributed by atoms with van der Waals surface area (Å²) in [6.07, 6.45) is 3.50. The molecule has 7 nitrogen and oxygen atoms in total. The minimum Gasteiger partial charge on any atom is -0.370 e. The SMILES string of the molecule is CCNc1cc([N+](=O)[O-])cc(NCc2cnccc2C)n1. The van der Waals surface area contributed by atoms with E-state index in [0.717, 1.165) is 11.1 Å². The standard InChI is InChI=1S/C14H17N5O2/c1-3-16-13-6-12(19(20)21)7-14(18-13)17-9-11-8-15-5-4-10(11)2/h4-8H,3,9H2,1-2H3,(H2,16,17,18). The zero-order valence-electron chi connectivity index (χ0n) is 12.0. The molecule has 2 aromatic rings. The molecule has 0 fully saturated rings. The predicted octanol–water partition coefficient (Wildman–Crippen LogP) is 2.74. The Hall–Kier alpha value is -2.70. The molecule has 0 unspecified atom stereocenters. The van der Waals surface area contributed by atoms with Crippen molar-refractivity contribution >= 4 is 17.3 Å². The first-order chi connectivity index (χ1) is 10.1. The molecule has 0 amide bonds. The first-order valence-electron chi connectivity index (χ1n) is 6.64. The van der Waals surface area contributed by atoms with E-state index in [1.807, 2.05) is 19.9 Å². The molecule has 2 aromatic heterocycles. The van der Waals surface area contributed by atoms with Crippen molar-refractivity contribution in [3.05, 3.63) is 51.8 Å². The van der Waals surface area contributed by atoms with E-state index in [4.69, 9.17) is 0 Å². The van der Waals surface area contributed by atoms with Crippen molar-refractivity contribution in [3.63, 3.8) is 0 Å². The fourth-order valence-electron chi connectivity index (χ4n) is 1.85. The van der Waals surface area contributed by atoms with Gasteiger partial charge in [-0.3, -0.25) is 15.1 Å². The fourth-order valence-corrected chi connectivity index (χ4v) is 1.85. The van der Waals surface area contributed by atoms with Gasteiger partial charge < -0.3 is 10.6 Å². The van der Waals surface area contributed by atoms with Gasteiger partial charge in [0.1, 0.15) is 11.6 Å². The maximum atomic E-state index is 11.0. The number of aryl methyl sites for hydroxylation is 1. The Balaban J connectivity index is 2.19. The summed E-state index contributed by atoms with van der Waals surface area (Å²) in [6.45, 7) is 5.06. The molecule has 2 rings (SSSR count). The number of rotatable bonds is 6. The molecule has 0 saturated carbocycles. The predicted molar refractivity (Wildman–Crippen MR) is 81.4 cm³/mol. The van der Waals surface area contributed by atoms with Gasteiger partial charge in [0.15, 0.2) is 0 Å². The van der Waals surface area contributed by atoms with Crippen LogP contribution in [0.4, 0.5) is 17.3 Å². The molecule has 0 aliphatic carbocycles. The van der Waals surface area contributed by atoms with Crippen LogP contribution in [0.15, 0.2) is 30.6 Å². The van der Waals surface area contributed by atoms with E-state index in [1.54, 1.807) is 12.4 Å². The van der Waals surface area contributed by atoms with E-state index < -0.39 is 4.92 Å². The van der Waals surface area contributed by atoms with E-state index in [0.29, 0.717) is 24.7 Å². The Morgan fingerprint density at radius 3 is 2.62 bits per heavy atom. The molecule has 0 aliphatic rings. The molecule has 0 atom stereocenters. The highest BCUT2D eigenvalue weighted by atomic mass is 16.6. The van der Waals surface area contributed by atoms with Crippen molar-refractivity contribution in [3.8, 4) is 0 Å². The minimum absolute atomic E-state index is 0.00589. The summed E-state index contributed by atoms with van der Waals surface area (Å²) in [5.74, 6) is 0.945. The number of pyridine rings is 2. The van der Waals surface area contributed by atoms with Gasteiger partial charge in [0, 0.05) is 25.5 Å². The van der Waals surface area contributed by atoms with Gasteiger partial charge in [0.05, 0.1) is 17.1 Å². The van der Waals surface area contributed by atoms with E-state index in [1.165, 1.54) is 12.1 Å². The van der Waals surface area contributed by atoms with Crippen molar-refractivity contribution in [2.24, 2.45) is 0 Å². The largest absolute Gasteiger partial charge is 0.370 e. The van der Waals surface area contributed by atoms with Crippen molar-refractivity contribution in [1.82, 2.24) is 9.97 Å². The molecule has 0 bridgehead atoms. The summed E-state index contributed by atoms with van der Waals surface area (Å²) in [6, 6.07) is 4.76. The van der Waals surface area contributed by atoms with Crippen LogP contribution in [-0.4, -0.2) is 21.4 Å². The highest BCUT2D eigenvalue weighted by Crippen LogP contribution is 2.21. The summed E-state index contributed by atoms with van der Waals surface area (Å²) >= 11 is 0. The van der Waals surface area contributed by atoms with Crippen LogP contribution in [-0.2, 0) is 6.54 Å². The minimum atomic E-state index is -0.428. The second-order valence-corrected chi connectivity index (χ2v) is 4.54. The Morgan fingerprint density at radius 2 is 2.00 bits per heavy atom. The van der Waals surface area contributed by atoms with Crippen molar-refractivity contribution in [2.45, 2.75) is 20.4 Å². The number of aromatic nitrogens is 2. The van der Waals surface area contributed by atoms with Crippen LogP contribution in [0.5, 0.6) is 0 Å². The van der Waals surface area contributed by atoms with Crippen LogP contribution in [0.1, 0.15) is 18.1 Å². The monoisotopic (exact) mass is 287 g/mol. The summed E-state index contributed by atoms with van der Waals surface area (Å²) in [5, 5.41) is 17.0. The normalized spacial score (nSPS) is 10.2. The lowest BCUT2D eigenvalue weighted by Crippen LogP contribution is -2.07. The van der Waals surface area contributed by atoms with Gasteiger partial charge in [-0.25, -0.2) is 4.98 Å². The number of anilines is 2. The average molecular weight is 287 g/mol. The van der Waals surface area contributed by atoms with E-state index in [-0.39, 0.29) is 5.69 Å². The topological polar surface area (TPSA) is 93.0 Å². The van der Waals surface area contributed by atoms with Crippen molar-refractivity contribution in [1.29, 1.82) is 0 Å². The Kier molecular flexibility index (Phi) is 4.65. The van der Waals surface area contributed by atoms with Gasteiger partial charge in [-0.1, -0.05) is 0 Å². The Morgan fingerprint density at radius 1 is 1.29 bits per heavy atom. The number of nitro groups is 1. The van der Waals surface area contributed by atoms with Crippen LogP contribution in [0.25, 0.3) is 0 Å². The Labute approximate surface area is 122 Å². The third-order valence-electron chi connectivity index (χ3n) is 2.99. The Bertz CT molecular complexity index is 645. The highest BCUT2D eigenvalue weighted by molar-refractivity contribution is 5.54. The molecule has 0 spiro atoms. The molecule has 7 heteroatoms. The second-order valence-electron chi connectivity index (χ2n) is 4.54. The van der Waals surface area contributed by atoms with Gasteiger partial charge >= 0.3 is 0 Å². The lowest BCUT2D eigenvalue weighted by atomic mass is 10.1. The summed E-state index contributed by atoms with van der Waals surface area (Å²) in [5.41, 5.74) is 2.14. The van der Waals surface area contributed by atoms with Gasteiger partial charge in [-0.15, -0.1) is 0 Å². The zero-order chi connectivity index (χ0) is 15.2. The summed E-state index contributed by atoms with van der Waals surface area (Å²) in [7, 11) is 0. The maximum Gasteiger partial charge on any atom is 0.276 e.